The normalized spacial score (nSPS) is 14.9. The average Bonchev–Trinajstić information content (AvgIpc) is 2.37. The van der Waals surface area contributed by atoms with Crippen molar-refractivity contribution < 1.29 is 9.47 Å². The lowest BCUT2D eigenvalue weighted by molar-refractivity contribution is 0.250. The zero-order chi connectivity index (χ0) is 13.0. The first-order valence-electron chi connectivity index (χ1n) is 5.95. The fourth-order valence-electron chi connectivity index (χ4n) is 1.56. The van der Waals surface area contributed by atoms with Gasteiger partial charge in [-0.25, -0.2) is 0 Å². The molecule has 0 atom stereocenters. The van der Waals surface area contributed by atoms with Crippen LogP contribution in [0.15, 0.2) is 47.1 Å². The maximum Gasteiger partial charge on any atom is 0.147 e. The molecule has 0 bridgehead atoms. The van der Waals surface area contributed by atoms with E-state index >= 15 is 0 Å². The van der Waals surface area contributed by atoms with Crippen molar-refractivity contribution >= 4 is 11.8 Å². The Bertz CT molecular complexity index is 452. The summed E-state index contributed by atoms with van der Waals surface area (Å²) in [7, 11) is 0. The van der Waals surface area contributed by atoms with Crippen LogP contribution in [0.1, 0.15) is 26.3 Å². The van der Waals surface area contributed by atoms with E-state index in [1.807, 2.05) is 22.9 Å². The molecule has 0 radical (unpaired) electrons. The number of ether oxygens (including phenoxy) is 2. The molecule has 2 nitrogen and oxygen atoms in total. The summed E-state index contributed by atoms with van der Waals surface area (Å²) in [4.78, 5) is 0. The summed E-state index contributed by atoms with van der Waals surface area (Å²) in [6, 6.07) is 8.24. The summed E-state index contributed by atoms with van der Waals surface area (Å²) < 4.78 is 11.0. The fraction of sp³-hybridized carbons (Fsp3) is 0.333. The summed E-state index contributed by atoms with van der Waals surface area (Å²) in [5.74, 6) is 1.70. The molecule has 0 aliphatic carbocycles. The Morgan fingerprint density at radius 1 is 1.17 bits per heavy atom. The second-order valence-electron chi connectivity index (χ2n) is 5.17. The molecule has 0 amide bonds. The number of hydrogen-bond donors (Lipinski definition) is 0. The molecule has 1 aromatic carbocycles. The van der Waals surface area contributed by atoms with Crippen molar-refractivity contribution in [2.24, 2.45) is 0 Å². The van der Waals surface area contributed by atoms with Crippen molar-refractivity contribution in [3.05, 3.63) is 52.7 Å². The van der Waals surface area contributed by atoms with Gasteiger partial charge < -0.3 is 9.47 Å². The molecule has 1 aliphatic heterocycles. The molecule has 0 saturated carbocycles. The molecule has 18 heavy (non-hydrogen) atoms. The lowest BCUT2D eigenvalue weighted by Gasteiger charge is -2.19. The van der Waals surface area contributed by atoms with Crippen LogP contribution in [-0.4, -0.2) is 6.61 Å². The van der Waals surface area contributed by atoms with Crippen molar-refractivity contribution in [2.75, 3.05) is 6.61 Å². The highest BCUT2D eigenvalue weighted by atomic mass is 32.2. The Labute approximate surface area is 113 Å². The zero-order valence-corrected chi connectivity index (χ0v) is 11.8. The molecule has 1 heterocycles. The second-order valence-corrected chi connectivity index (χ2v) is 5.95. The molecule has 3 heteroatoms. The van der Waals surface area contributed by atoms with Crippen LogP contribution in [0, 0.1) is 0 Å². The SMILES string of the molecule is CC(C)(C)c1ccc(OCC2=CSC=CO2)cc1. The maximum absolute atomic E-state index is 5.67. The van der Waals surface area contributed by atoms with Gasteiger partial charge in [0.05, 0.1) is 6.26 Å². The van der Waals surface area contributed by atoms with E-state index in [0.29, 0.717) is 6.61 Å². The highest BCUT2D eigenvalue weighted by Gasteiger charge is 2.13. The zero-order valence-electron chi connectivity index (χ0n) is 11.0. The van der Waals surface area contributed by atoms with Crippen LogP contribution in [0.2, 0.25) is 0 Å². The largest absolute Gasteiger partial charge is 0.486 e. The average molecular weight is 262 g/mol. The lowest BCUT2D eigenvalue weighted by atomic mass is 9.87. The van der Waals surface area contributed by atoms with E-state index in [2.05, 4.69) is 32.9 Å². The van der Waals surface area contributed by atoms with Gasteiger partial charge in [-0.2, -0.15) is 0 Å². The molecule has 0 unspecified atom stereocenters. The summed E-state index contributed by atoms with van der Waals surface area (Å²) >= 11 is 1.60. The van der Waals surface area contributed by atoms with Crippen LogP contribution in [0.4, 0.5) is 0 Å². The van der Waals surface area contributed by atoms with Crippen LogP contribution in [0.5, 0.6) is 5.75 Å². The number of benzene rings is 1. The third-order valence-corrected chi connectivity index (χ3v) is 3.32. The topological polar surface area (TPSA) is 18.5 Å². The Morgan fingerprint density at radius 2 is 1.89 bits per heavy atom. The predicted octanol–water partition coefficient (Wildman–Crippen LogP) is 4.44. The molecule has 0 fully saturated rings. The Hall–Kier alpha value is -1.35. The summed E-state index contributed by atoms with van der Waals surface area (Å²) in [5, 5.41) is 3.84. The van der Waals surface area contributed by atoms with Gasteiger partial charge in [-0.3, -0.25) is 0 Å². The minimum Gasteiger partial charge on any atom is -0.486 e. The third-order valence-electron chi connectivity index (χ3n) is 2.65. The van der Waals surface area contributed by atoms with Gasteiger partial charge in [0.2, 0.25) is 0 Å². The van der Waals surface area contributed by atoms with Crippen LogP contribution in [0.25, 0.3) is 0 Å². The van der Waals surface area contributed by atoms with E-state index in [1.165, 1.54) is 5.56 Å². The van der Waals surface area contributed by atoms with Crippen molar-refractivity contribution in [1.29, 1.82) is 0 Å². The highest BCUT2D eigenvalue weighted by molar-refractivity contribution is 8.04. The number of hydrogen-bond acceptors (Lipinski definition) is 3. The van der Waals surface area contributed by atoms with E-state index in [0.717, 1.165) is 11.5 Å². The Balaban J connectivity index is 1.92. The molecule has 0 saturated heterocycles. The van der Waals surface area contributed by atoms with Gasteiger partial charge in [-0.15, -0.1) is 0 Å². The van der Waals surface area contributed by atoms with Crippen molar-refractivity contribution in [1.82, 2.24) is 0 Å². The quantitative estimate of drug-likeness (QED) is 0.802. The van der Waals surface area contributed by atoms with Gasteiger partial charge in [0.25, 0.3) is 0 Å². The molecule has 2 rings (SSSR count). The molecular weight excluding hydrogens is 244 g/mol. The number of rotatable bonds is 3. The van der Waals surface area contributed by atoms with Gasteiger partial charge in [-0.1, -0.05) is 44.7 Å². The Morgan fingerprint density at radius 3 is 2.44 bits per heavy atom. The Kier molecular flexibility index (Phi) is 4.02. The minimum absolute atomic E-state index is 0.176. The number of thioether (sulfide) groups is 1. The van der Waals surface area contributed by atoms with Crippen molar-refractivity contribution in [2.45, 2.75) is 26.2 Å². The van der Waals surface area contributed by atoms with E-state index in [9.17, 15) is 0 Å². The first-order chi connectivity index (χ1) is 8.55. The van der Waals surface area contributed by atoms with Crippen LogP contribution in [-0.2, 0) is 10.2 Å². The molecule has 0 spiro atoms. The van der Waals surface area contributed by atoms with Gasteiger partial charge >= 0.3 is 0 Å². The molecule has 0 N–H and O–H groups in total. The summed E-state index contributed by atoms with van der Waals surface area (Å²) in [6.45, 7) is 7.07. The van der Waals surface area contributed by atoms with E-state index < -0.39 is 0 Å². The second kappa shape index (κ2) is 5.53. The first kappa shape index (κ1) is 13.1. The smallest absolute Gasteiger partial charge is 0.147 e. The van der Waals surface area contributed by atoms with Crippen LogP contribution in [0.3, 0.4) is 0 Å². The maximum atomic E-state index is 5.67. The van der Waals surface area contributed by atoms with Crippen molar-refractivity contribution in [3.63, 3.8) is 0 Å². The van der Waals surface area contributed by atoms with Gasteiger partial charge in [0, 0.05) is 10.8 Å². The van der Waals surface area contributed by atoms with Gasteiger partial charge in [0.1, 0.15) is 18.1 Å². The molecule has 1 aliphatic rings. The van der Waals surface area contributed by atoms with Crippen LogP contribution >= 0.6 is 11.8 Å². The monoisotopic (exact) mass is 262 g/mol. The first-order valence-corrected chi connectivity index (χ1v) is 6.89. The molecular formula is C15H18O2S. The molecule has 0 aromatic heterocycles. The van der Waals surface area contributed by atoms with Crippen molar-refractivity contribution in [3.8, 4) is 5.75 Å². The van der Waals surface area contributed by atoms with Crippen LogP contribution < -0.4 is 4.74 Å². The van der Waals surface area contributed by atoms with E-state index in [-0.39, 0.29) is 5.41 Å². The molecule has 96 valence electrons. The van der Waals surface area contributed by atoms with E-state index in [1.54, 1.807) is 18.0 Å². The highest BCUT2D eigenvalue weighted by Crippen LogP contribution is 2.25. The third kappa shape index (κ3) is 3.57. The van der Waals surface area contributed by atoms with E-state index in [4.69, 9.17) is 9.47 Å². The minimum atomic E-state index is 0.176. The fourth-order valence-corrected chi connectivity index (χ4v) is 2.04. The van der Waals surface area contributed by atoms with Gasteiger partial charge in [0.15, 0.2) is 0 Å². The molecule has 1 aromatic rings. The summed E-state index contributed by atoms with van der Waals surface area (Å²) in [6.07, 6.45) is 1.67. The summed E-state index contributed by atoms with van der Waals surface area (Å²) in [5.41, 5.74) is 1.48. The standard InChI is InChI=1S/C15H18O2S/c1-15(2,3)12-4-6-13(7-5-12)17-10-14-11-18-9-8-16-14/h4-9,11H,10H2,1-3H3. The predicted molar refractivity (Wildman–Crippen MR) is 76.5 cm³/mol. The lowest BCUT2D eigenvalue weighted by Crippen LogP contribution is -2.10. The van der Waals surface area contributed by atoms with Gasteiger partial charge in [-0.05, 0) is 23.1 Å².